The normalized spacial score (nSPS) is 28.4. The van der Waals surface area contributed by atoms with Crippen molar-refractivity contribution in [1.29, 1.82) is 0 Å². The summed E-state index contributed by atoms with van der Waals surface area (Å²) in [6.45, 7) is -0.0830. The molecule has 1 N–H and O–H groups in total. The average molecular weight is 421 g/mol. The number of carboxylic acids is 1. The Hall–Kier alpha value is -2.82. The molecule has 0 spiro atoms. The van der Waals surface area contributed by atoms with Gasteiger partial charge in [0.05, 0.1) is 18.2 Å². The predicted molar refractivity (Wildman–Crippen MR) is 115 cm³/mol. The molecule has 0 saturated heterocycles. The van der Waals surface area contributed by atoms with E-state index in [1.807, 2.05) is 6.07 Å². The topological polar surface area (TPSA) is 72.8 Å². The zero-order valence-electron chi connectivity index (χ0n) is 17.8. The molecule has 2 aromatic carbocycles. The molecule has 4 bridgehead atoms. The van der Waals surface area contributed by atoms with Crippen molar-refractivity contribution >= 4 is 11.9 Å². The summed E-state index contributed by atoms with van der Waals surface area (Å²) in [4.78, 5) is 24.1. The summed E-state index contributed by atoms with van der Waals surface area (Å²) >= 11 is 0. The van der Waals surface area contributed by atoms with Gasteiger partial charge in [0.15, 0.2) is 0 Å². The summed E-state index contributed by atoms with van der Waals surface area (Å²) in [6.07, 6.45) is 7.82. The first kappa shape index (κ1) is 20.1. The van der Waals surface area contributed by atoms with Crippen molar-refractivity contribution in [2.75, 3.05) is 7.11 Å². The van der Waals surface area contributed by atoms with Gasteiger partial charge in [0.1, 0.15) is 12.4 Å². The molecule has 5 heteroatoms. The van der Waals surface area contributed by atoms with E-state index in [1.165, 1.54) is 50.2 Å². The molecule has 0 radical (unpaired) electrons. The lowest BCUT2D eigenvalue weighted by Crippen LogP contribution is -2.48. The molecule has 4 aliphatic carbocycles. The van der Waals surface area contributed by atoms with E-state index >= 15 is 0 Å². The largest absolute Gasteiger partial charge is 0.496 e. The van der Waals surface area contributed by atoms with E-state index in [0.717, 1.165) is 23.5 Å². The standard InChI is InChI=1S/C26H28O5/c1-30-23-11-19(25(29)31-15-20-4-2-3-5-21(20)24(27)28)6-7-22(23)26-12-16-8-17(13-26)10-18(9-16)14-26/h2-7,11,16-18H,8-10,12-15H2,1H3,(H,27,28). The minimum atomic E-state index is -1.03. The van der Waals surface area contributed by atoms with Gasteiger partial charge in [-0.3, -0.25) is 0 Å². The highest BCUT2D eigenvalue weighted by Crippen LogP contribution is 2.61. The van der Waals surface area contributed by atoms with E-state index < -0.39 is 11.9 Å². The summed E-state index contributed by atoms with van der Waals surface area (Å²) in [7, 11) is 1.66. The van der Waals surface area contributed by atoms with E-state index in [2.05, 4.69) is 6.07 Å². The van der Waals surface area contributed by atoms with Crippen LogP contribution < -0.4 is 4.74 Å². The van der Waals surface area contributed by atoms with Gasteiger partial charge in [-0.05, 0) is 79.9 Å². The fourth-order valence-corrected chi connectivity index (χ4v) is 6.78. The highest BCUT2D eigenvalue weighted by molar-refractivity contribution is 5.91. The molecule has 0 atom stereocenters. The van der Waals surface area contributed by atoms with Gasteiger partial charge >= 0.3 is 11.9 Å². The molecule has 0 aliphatic heterocycles. The molecule has 4 saturated carbocycles. The van der Waals surface area contributed by atoms with Crippen LogP contribution in [0.1, 0.15) is 70.4 Å². The Morgan fingerprint density at radius 3 is 2.26 bits per heavy atom. The molecule has 162 valence electrons. The third-order valence-corrected chi connectivity index (χ3v) is 7.65. The SMILES string of the molecule is COc1cc(C(=O)OCc2ccccc2C(=O)O)ccc1C12CC3CC(CC(C3)C1)C2. The molecule has 4 fully saturated rings. The second kappa shape index (κ2) is 7.70. The Bertz CT molecular complexity index is 989. The number of carbonyl (C=O) groups excluding carboxylic acids is 1. The number of benzene rings is 2. The van der Waals surface area contributed by atoms with Gasteiger partial charge in [-0.25, -0.2) is 9.59 Å². The van der Waals surface area contributed by atoms with Crippen molar-refractivity contribution in [2.24, 2.45) is 17.8 Å². The van der Waals surface area contributed by atoms with Gasteiger partial charge in [-0.2, -0.15) is 0 Å². The number of hydrogen-bond acceptors (Lipinski definition) is 4. The fourth-order valence-electron chi connectivity index (χ4n) is 6.78. The Balaban J connectivity index is 1.36. The third-order valence-electron chi connectivity index (χ3n) is 7.65. The highest BCUT2D eigenvalue weighted by Gasteiger charge is 2.52. The van der Waals surface area contributed by atoms with Gasteiger partial charge in [0.2, 0.25) is 0 Å². The number of hydrogen-bond donors (Lipinski definition) is 1. The van der Waals surface area contributed by atoms with Gasteiger partial charge < -0.3 is 14.6 Å². The molecule has 6 rings (SSSR count). The van der Waals surface area contributed by atoms with Gasteiger partial charge in [-0.15, -0.1) is 0 Å². The molecular formula is C26H28O5. The smallest absolute Gasteiger partial charge is 0.338 e. The van der Waals surface area contributed by atoms with Crippen molar-refractivity contribution in [1.82, 2.24) is 0 Å². The quantitative estimate of drug-likeness (QED) is 0.649. The highest BCUT2D eigenvalue weighted by atomic mass is 16.5. The van der Waals surface area contributed by atoms with Gasteiger partial charge in [-0.1, -0.05) is 24.3 Å². The van der Waals surface area contributed by atoms with Crippen LogP contribution in [0.2, 0.25) is 0 Å². The molecule has 0 amide bonds. The number of ether oxygens (including phenoxy) is 2. The Kier molecular flexibility index (Phi) is 4.99. The molecule has 0 aromatic heterocycles. The van der Waals surface area contributed by atoms with E-state index in [0.29, 0.717) is 11.1 Å². The van der Waals surface area contributed by atoms with Crippen molar-refractivity contribution < 1.29 is 24.2 Å². The number of methoxy groups -OCH3 is 1. The van der Waals surface area contributed by atoms with Crippen LogP contribution in [0.4, 0.5) is 0 Å². The lowest BCUT2D eigenvalue weighted by Gasteiger charge is -2.57. The summed E-state index contributed by atoms with van der Waals surface area (Å²) in [5.74, 6) is 1.74. The lowest BCUT2D eigenvalue weighted by atomic mass is 9.48. The molecule has 0 unspecified atom stereocenters. The zero-order valence-corrected chi connectivity index (χ0v) is 17.8. The maximum Gasteiger partial charge on any atom is 0.338 e. The molecule has 2 aromatic rings. The number of carboxylic acid groups (broad SMARTS) is 1. The van der Waals surface area contributed by atoms with E-state index in [-0.39, 0.29) is 17.6 Å². The fraction of sp³-hybridized carbons (Fsp3) is 0.462. The second-order valence-corrected chi connectivity index (χ2v) is 9.65. The third kappa shape index (κ3) is 3.60. The minimum absolute atomic E-state index is 0.0830. The van der Waals surface area contributed by atoms with E-state index in [1.54, 1.807) is 31.4 Å². The maximum absolute atomic E-state index is 12.7. The number of esters is 1. The first-order valence-electron chi connectivity index (χ1n) is 11.1. The maximum atomic E-state index is 12.7. The van der Waals surface area contributed by atoms with E-state index in [9.17, 15) is 14.7 Å². The van der Waals surface area contributed by atoms with Crippen LogP contribution in [0, 0.1) is 17.8 Å². The lowest BCUT2D eigenvalue weighted by molar-refractivity contribution is -0.00619. The predicted octanol–water partition coefficient (Wildman–Crippen LogP) is 5.22. The first-order valence-corrected chi connectivity index (χ1v) is 11.1. The summed E-state index contributed by atoms with van der Waals surface area (Å²) in [5, 5.41) is 9.31. The number of aromatic carboxylic acids is 1. The minimum Gasteiger partial charge on any atom is -0.496 e. The molecule has 5 nitrogen and oxygen atoms in total. The summed E-state index contributed by atoms with van der Waals surface area (Å²) < 4.78 is 11.2. The summed E-state index contributed by atoms with van der Waals surface area (Å²) in [5.41, 5.74) is 2.47. The van der Waals surface area contributed by atoms with E-state index in [4.69, 9.17) is 9.47 Å². The molecule has 31 heavy (non-hydrogen) atoms. The van der Waals surface area contributed by atoms with Crippen LogP contribution in [-0.2, 0) is 16.8 Å². The Morgan fingerprint density at radius 2 is 1.65 bits per heavy atom. The molecule has 4 aliphatic rings. The zero-order chi connectivity index (χ0) is 21.6. The van der Waals surface area contributed by atoms with Gasteiger partial charge in [0.25, 0.3) is 0 Å². The summed E-state index contributed by atoms with van der Waals surface area (Å²) in [6, 6.07) is 12.2. The Morgan fingerprint density at radius 1 is 1.00 bits per heavy atom. The van der Waals surface area contributed by atoms with Crippen LogP contribution in [0.15, 0.2) is 42.5 Å². The monoisotopic (exact) mass is 420 g/mol. The Labute approximate surface area is 182 Å². The van der Waals surface area contributed by atoms with Crippen LogP contribution >= 0.6 is 0 Å². The van der Waals surface area contributed by atoms with Crippen molar-refractivity contribution in [2.45, 2.75) is 50.5 Å². The van der Waals surface area contributed by atoms with Crippen molar-refractivity contribution in [3.8, 4) is 5.75 Å². The number of rotatable bonds is 6. The van der Waals surface area contributed by atoms with Crippen molar-refractivity contribution in [3.05, 3.63) is 64.7 Å². The number of carbonyl (C=O) groups is 2. The van der Waals surface area contributed by atoms with Crippen LogP contribution in [-0.4, -0.2) is 24.2 Å². The average Bonchev–Trinajstić information content (AvgIpc) is 2.76. The van der Waals surface area contributed by atoms with Crippen LogP contribution in [0.3, 0.4) is 0 Å². The van der Waals surface area contributed by atoms with Crippen LogP contribution in [0.25, 0.3) is 0 Å². The van der Waals surface area contributed by atoms with Crippen molar-refractivity contribution in [3.63, 3.8) is 0 Å². The van der Waals surface area contributed by atoms with Crippen LogP contribution in [0.5, 0.6) is 5.75 Å². The van der Waals surface area contributed by atoms with Gasteiger partial charge in [0, 0.05) is 11.1 Å². The first-order chi connectivity index (χ1) is 15.0. The molecule has 0 heterocycles. The second-order valence-electron chi connectivity index (χ2n) is 9.65. The molecular weight excluding hydrogens is 392 g/mol.